The summed E-state index contributed by atoms with van der Waals surface area (Å²) in [5.41, 5.74) is -1.14. The Morgan fingerprint density at radius 2 is 1.70 bits per heavy atom. The van der Waals surface area contributed by atoms with E-state index in [0.29, 0.717) is 16.9 Å². The summed E-state index contributed by atoms with van der Waals surface area (Å²) in [7, 11) is 0. The number of thioether (sulfide) groups is 1. The molecule has 0 aliphatic carbocycles. The molecule has 0 unspecified atom stereocenters. The lowest BCUT2D eigenvalue weighted by Crippen LogP contribution is -2.59. The van der Waals surface area contributed by atoms with E-state index < -0.39 is 47.0 Å². The lowest BCUT2D eigenvalue weighted by atomic mass is 9.96. The molecule has 50 heavy (non-hydrogen) atoms. The predicted octanol–water partition coefficient (Wildman–Crippen LogP) is 7.75. The van der Waals surface area contributed by atoms with E-state index in [0.717, 1.165) is 23.6 Å². The highest BCUT2D eigenvalue weighted by atomic mass is 32.2. The number of hydrogen-bond acceptors (Lipinski definition) is 7. The number of nitrogens with zero attached hydrogens (tertiary/aromatic N) is 6. The van der Waals surface area contributed by atoms with Crippen LogP contribution in [0.2, 0.25) is 0 Å². The second-order valence-corrected chi connectivity index (χ2v) is 15.0. The molecule has 5 heterocycles. The van der Waals surface area contributed by atoms with Crippen LogP contribution in [0.5, 0.6) is 0 Å². The van der Waals surface area contributed by atoms with Crippen molar-refractivity contribution in [1.82, 2.24) is 24.0 Å². The molecule has 0 radical (unpaired) electrons. The van der Waals surface area contributed by atoms with Crippen molar-refractivity contribution in [3.05, 3.63) is 82.8 Å². The number of carbonyl (C=O) groups excluding carboxylic acids is 1. The number of hydrogen-bond donors (Lipinski definition) is 0. The summed E-state index contributed by atoms with van der Waals surface area (Å²) in [5.74, 6) is -0.136. The first-order valence-electron chi connectivity index (χ1n) is 16.4. The Morgan fingerprint density at radius 1 is 1.00 bits per heavy atom. The molecule has 14 heteroatoms. The number of ether oxygens (including phenoxy) is 1. The molecule has 0 N–H and O–H groups in total. The topological polar surface area (TPSA) is 85.5 Å². The van der Waals surface area contributed by atoms with E-state index in [2.05, 4.69) is 9.97 Å². The van der Waals surface area contributed by atoms with Gasteiger partial charge in [-0.3, -0.25) is 9.47 Å². The van der Waals surface area contributed by atoms with Gasteiger partial charge in [-0.05, 0) is 76.6 Å². The minimum atomic E-state index is -4.80. The Hall–Kier alpha value is -4.59. The fourth-order valence-electron chi connectivity index (χ4n) is 7.13. The van der Waals surface area contributed by atoms with E-state index in [9.17, 15) is 14.0 Å². The SMILES string of the molecule is C[C@@H]1CN(c2nc(=O)n3c4c(c(-c5ccc(F)cc5)c(C(F)(F)F)cc24)SC[C@@H](n2ccc4cccnc42)C3)C[C@H](C)N1C(=O)OC(C)(C)C. The number of halogens is 4. The molecule has 0 spiro atoms. The van der Waals surface area contributed by atoms with E-state index >= 15 is 13.2 Å². The Labute approximate surface area is 289 Å². The molecule has 1 saturated heterocycles. The van der Waals surface area contributed by atoms with Crippen LogP contribution in [0, 0.1) is 5.82 Å². The first kappa shape index (κ1) is 33.9. The molecule has 0 saturated carbocycles. The number of rotatable bonds is 3. The highest BCUT2D eigenvalue weighted by Crippen LogP contribution is 2.49. The Balaban J connectivity index is 1.43. The van der Waals surface area contributed by atoms with Crippen LogP contribution in [0.4, 0.5) is 28.2 Å². The molecule has 0 bridgehead atoms. The van der Waals surface area contributed by atoms with E-state index in [4.69, 9.17) is 4.74 Å². The lowest BCUT2D eigenvalue weighted by Gasteiger charge is -2.45. The van der Waals surface area contributed by atoms with Crippen molar-refractivity contribution >= 4 is 45.6 Å². The molecule has 3 aromatic heterocycles. The van der Waals surface area contributed by atoms with Gasteiger partial charge in [0.25, 0.3) is 0 Å². The zero-order valence-electron chi connectivity index (χ0n) is 28.2. The number of aromatic nitrogens is 4. The van der Waals surface area contributed by atoms with Crippen LogP contribution in [0.1, 0.15) is 46.2 Å². The van der Waals surface area contributed by atoms with Gasteiger partial charge < -0.3 is 14.2 Å². The Morgan fingerprint density at radius 3 is 2.36 bits per heavy atom. The molecule has 2 aromatic carbocycles. The van der Waals surface area contributed by atoms with Crippen molar-refractivity contribution in [2.24, 2.45) is 0 Å². The molecule has 2 aliphatic rings. The van der Waals surface area contributed by atoms with Crippen molar-refractivity contribution in [2.45, 2.75) is 76.0 Å². The highest BCUT2D eigenvalue weighted by molar-refractivity contribution is 7.99. The zero-order valence-corrected chi connectivity index (χ0v) is 29.0. The number of benzene rings is 2. The molecule has 7 rings (SSSR count). The molecule has 1 amide bonds. The van der Waals surface area contributed by atoms with Crippen LogP contribution in [0.3, 0.4) is 0 Å². The molecular formula is C36H36F4N6O3S. The van der Waals surface area contributed by atoms with Crippen LogP contribution in [0.25, 0.3) is 33.1 Å². The first-order valence-corrected chi connectivity index (χ1v) is 17.3. The number of alkyl halides is 3. The second-order valence-electron chi connectivity index (χ2n) is 14.0. The zero-order chi connectivity index (χ0) is 35.7. The van der Waals surface area contributed by atoms with Crippen molar-refractivity contribution in [3.8, 4) is 11.1 Å². The van der Waals surface area contributed by atoms with Gasteiger partial charge in [0.15, 0.2) is 0 Å². The van der Waals surface area contributed by atoms with Crippen LogP contribution < -0.4 is 10.6 Å². The van der Waals surface area contributed by atoms with Gasteiger partial charge in [0.2, 0.25) is 0 Å². The van der Waals surface area contributed by atoms with Crippen LogP contribution in [0.15, 0.2) is 70.6 Å². The second kappa shape index (κ2) is 12.3. The van der Waals surface area contributed by atoms with Gasteiger partial charge >= 0.3 is 18.0 Å². The number of amides is 1. The van der Waals surface area contributed by atoms with Gasteiger partial charge in [0, 0.05) is 59.0 Å². The van der Waals surface area contributed by atoms with Gasteiger partial charge in [-0.25, -0.2) is 19.0 Å². The van der Waals surface area contributed by atoms with Gasteiger partial charge in [-0.2, -0.15) is 18.2 Å². The summed E-state index contributed by atoms with van der Waals surface area (Å²) in [6.07, 6.45) is -1.74. The normalized spacial score (nSPS) is 20.0. The fraction of sp³-hybridized carbons (Fsp3) is 0.389. The summed E-state index contributed by atoms with van der Waals surface area (Å²) < 4.78 is 68.5. The minimum Gasteiger partial charge on any atom is -0.444 e. The Bertz CT molecular complexity index is 2160. The van der Waals surface area contributed by atoms with Crippen LogP contribution >= 0.6 is 11.8 Å². The van der Waals surface area contributed by atoms with E-state index in [1.807, 2.05) is 42.8 Å². The van der Waals surface area contributed by atoms with Crippen molar-refractivity contribution in [3.63, 3.8) is 0 Å². The average Bonchev–Trinajstić information content (AvgIpc) is 3.35. The molecular weight excluding hydrogens is 672 g/mol. The monoisotopic (exact) mass is 708 g/mol. The largest absolute Gasteiger partial charge is 0.444 e. The summed E-state index contributed by atoms with van der Waals surface area (Å²) in [5, 5.41) is 1.07. The smallest absolute Gasteiger partial charge is 0.417 e. The molecule has 262 valence electrons. The van der Waals surface area contributed by atoms with Crippen molar-refractivity contribution in [2.75, 3.05) is 23.7 Å². The van der Waals surface area contributed by atoms with Crippen molar-refractivity contribution < 1.29 is 27.1 Å². The molecule has 3 atom stereocenters. The molecule has 5 aromatic rings. The van der Waals surface area contributed by atoms with Crippen LogP contribution in [-0.2, 0) is 17.5 Å². The Kier molecular flexibility index (Phi) is 8.35. The first-order chi connectivity index (χ1) is 23.6. The molecule has 9 nitrogen and oxygen atoms in total. The summed E-state index contributed by atoms with van der Waals surface area (Å²) in [6.45, 7) is 9.56. The summed E-state index contributed by atoms with van der Waals surface area (Å²) in [6, 6.07) is 10.5. The van der Waals surface area contributed by atoms with E-state index in [-0.39, 0.29) is 52.9 Å². The maximum atomic E-state index is 15.1. The van der Waals surface area contributed by atoms with Crippen molar-refractivity contribution in [1.29, 1.82) is 0 Å². The number of piperazine rings is 1. The summed E-state index contributed by atoms with van der Waals surface area (Å²) in [4.78, 5) is 40.0. The summed E-state index contributed by atoms with van der Waals surface area (Å²) >= 11 is 1.23. The number of carbonyl (C=O) groups is 1. The predicted molar refractivity (Wildman–Crippen MR) is 185 cm³/mol. The van der Waals surface area contributed by atoms with E-state index in [1.165, 1.54) is 28.5 Å². The lowest BCUT2D eigenvalue weighted by molar-refractivity contribution is -0.137. The van der Waals surface area contributed by atoms with Gasteiger partial charge in [0.05, 0.1) is 29.2 Å². The third-order valence-electron chi connectivity index (χ3n) is 9.14. The number of anilines is 1. The van der Waals surface area contributed by atoms with Gasteiger partial charge in [-0.1, -0.05) is 12.1 Å². The fourth-order valence-corrected chi connectivity index (χ4v) is 8.49. The average molecular weight is 709 g/mol. The number of fused-ring (bicyclic) bond motifs is 1. The highest BCUT2D eigenvalue weighted by Gasteiger charge is 2.41. The van der Waals surface area contributed by atoms with E-state index in [1.54, 1.807) is 36.8 Å². The third kappa shape index (κ3) is 6.07. The molecule has 1 fully saturated rings. The van der Waals surface area contributed by atoms with Crippen LogP contribution in [-0.4, -0.2) is 66.6 Å². The number of pyridine rings is 1. The maximum Gasteiger partial charge on any atom is 0.417 e. The maximum absolute atomic E-state index is 15.1. The minimum absolute atomic E-state index is 0.118. The van der Waals surface area contributed by atoms with Gasteiger partial charge in [0.1, 0.15) is 22.9 Å². The molecule has 2 aliphatic heterocycles. The van der Waals surface area contributed by atoms with Gasteiger partial charge in [-0.15, -0.1) is 11.8 Å². The standard InChI is InChI=1S/C36H36F4N6O3S/c1-20-16-43(17-21(2)46(20)34(48)49-35(3,4)5)32-26-15-27(36(38,39)40)28(22-8-10-24(37)11-9-22)30-29(26)45(33(47)42-32)18-25(19-50-30)44-14-12-23-7-6-13-41-31(23)44/h6-15,20-21,25H,16-19H2,1-5H3/t20-,21+,25-/m0/s1. The quantitative estimate of drug-likeness (QED) is 0.177. The third-order valence-corrected chi connectivity index (χ3v) is 10.4.